The summed E-state index contributed by atoms with van der Waals surface area (Å²) in [7, 11) is 0. The van der Waals surface area contributed by atoms with Gasteiger partial charge in [-0.15, -0.1) is 0 Å². The fraction of sp³-hybridized carbons (Fsp3) is 0.409. The number of carbonyl (C=O) groups is 1. The summed E-state index contributed by atoms with van der Waals surface area (Å²) in [5.74, 6) is 0.610. The van der Waals surface area contributed by atoms with Crippen molar-refractivity contribution in [1.82, 2.24) is 24.7 Å². The number of rotatable bonds is 4. The summed E-state index contributed by atoms with van der Waals surface area (Å²) in [6.07, 6.45) is 0.938. The number of aromatic nitrogens is 3. The minimum absolute atomic E-state index is 0.0482. The van der Waals surface area contributed by atoms with Crippen molar-refractivity contribution in [3.8, 4) is 5.69 Å². The smallest absolute Gasteiger partial charge is 0.276 e. The molecule has 1 aliphatic heterocycles. The van der Waals surface area contributed by atoms with Crippen LogP contribution in [-0.2, 0) is 6.54 Å². The summed E-state index contributed by atoms with van der Waals surface area (Å²) < 4.78 is 7.07. The number of aryl methyl sites for hydroxylation is 2. The van der Waals surface area contributed by atoms with Crippen LogP contribution in [0.3, 0.4) is 0 Å². The molecule has 152 valence electrons. The van der Waals surface area contributed by atoms with E-state index in [2.05, 4.69) is 36.0 Å². The summed E-state index contributed by atoms with van der Waals surface area (Å²) in [5, 5.41) is 8.63. The Bertz CT molecular complexity index is 992. The number of hydrogen-bond acceptors (Lipinski definition) is 5. The first-order valence-corrected chi connectivity index (χ1v) is 10.1. The summed E-state index contributed by atoms with van der Waals surface area (Å²) in [6.45, 7) is 10.1. The maximum absolute atomic E-state index is 12.7. The fourth-order valence-electron chi connectivity index (χ4n) is 3.91. The van der Waals surface area contributed by atoms with E-state index in [-0.39, 0.29) is 5.91 Å². The second-order valence-corrected chi connectivity index (χ2v) is 7.64. The number of carbonyl (C=O) groups excluding carboxylic acids is 1. The molecule has 0 atom stereocenters. The van der Waals surface area contributed by atoms with Crippen LogP contribution in [0.25, 0.3) is 5.69 Å². The second-order valence-electron chi connectivity index (χ2n) is 7.64. The van der Waals surface area contributed by atoms with E-state index in [9.17, 15) is 4.79 Å². The maximum Gasteiger partial charge on any atom is 0.276 e. The topological polar surface area (TPSA) is 67.4 Å². The molecule has 7 heteroatoms. The van der Waals surface area contributed by atoms with Crippen molar-refractivity contribution in [2.24, 2.45) is 0 Å². The van der Waals surface area contributed by atoms with Gasteiger partial charge < -0.3 is 9.42 Å². The molecule has 3 heterocycles. The Hall–Kier alpha value is -2.93. The molecule has 2 aromatic heterocycles. The van der Waals surface area contributed by atoms with Crippen LogP contribution >= 0.6 is 0 Å². The Morgan fingerprint density at radius 3 is 2.59 bits per heavy atom. The van der Waals surface area contributed by atoms with E-state index in [0.29, 0.717) is 18.0 Å². The highest BCUT2D eigenvalue weighted by Crippen LogP contribution is 2.20. The lowest BCUT2D eigenvalue weighted by Crippen LogP contribution is -2.35. The van der Waals surface area contributed by atoms with Crippen LogP contribution in [-0.4, -0.2) is 56.8 Å². The van der Waals surface area contributed by atoms with E-state index in [4.69, 9.17) is 9.62 Å². The van der Waals surface area contributed by atoms with Crippen LogP contribution in [0.2, 0.25) is 0 Å². The van der Waals surface area contributed by atoms with Gasteiger partial charge >= 0.3 is 0 Å². The van der Waals surface area contributed by atoms with Crippen LogP contribution in [0.5, 0.6) is 0 Å². The molecule has 0 aliphatic carbocycles. The minimum Gasteiger partial charge on any atom is -0.361 e. The summed E-state index contributed by atoms with van der Waals surface area (Å²) in [5.41, 5.74) is 4.97. The molecule has 0 N–H and O–H groups in total. The van der Waals surface area contributed by atoms with E-state index in [1.807, 2.05) is 27.8 Å². The molecule has 1 fully saturated rings. The quantitative estimate of drug-likeness (QED) is 0.681. The highest BCUT2D eigenvalue weighted by atomic mass is 16.5. The van der Waals surface area contributed by atoms with Gasteiger partial charge in [-0.3, -0.25) is 9.69 Å². The highest BCUT2D eigenvalue weighted by Gasteiger charge is 2.24. The minimum atomic E-state index is -0.0482. The van der Waals surface area contributed by atoms with Crippen LogP contribution in [0.1, 0.15) is 39.6 Å². The average molecular weight is 393 g/mol. The Labute approximate surface area is 170 Å². The van der Waals surface area contributed by atoms with E-state index in [1.54, 1.807) is 13.0 Å². The highest BCUT2D eigenvalue weighted by molar-refractivity contribution is 5.92. The third-order valence-corrected chi connectivity index (χ3v) is 5.55. The van der Waals surface area contributed by atoms with Crippen molar-refractivity contribution in [1.29, 1.82) is 0 Å². The largest absolute Gasteiger partial charge is 0.361 e. The van der Waals surface area contributed by atoms with E-state index < -0.39 is 0 Å². The zero-order chi connectivity index (χ0) is 20.4. The van der Waals surface area contributed by atoms with E-state index >= 15 is 0 Å². The van der Waals surface area contributed by atoms with Gasteiger partial charge in [0, 0.05) is 50.0 Å². The molecule has 0 spiro atoms. The molecule has 0 unspecified atom stereocenters. The van der Waals surface area contributed by atoms with Gasteiger partial charge in [0.2, 0.25) is 0 Å². The van der Waals surface area contributed by atoms with Gasteiger partial charge in [0.15, 0.2) is 5.69 Å². The first-order valence-electron chi connectivity index (χ1n) is 10.1. The lowest BCUT2D eigenvalue weighted by molar-refractivity contribution is 0.0750. The lowest BCUT2D eigenvalue weighted by atomic mass is 10.1. The molecule has 3 aromatic rings. The van der Waals surface area contributed by atoms with Gasteiger partial charge in [-0.2, -0.15) is 5.10 Å². The van der Waals surface area contributed by atoms with Crippen molar-refractivity contribution in [3.63, 3.8) is 0 Å². The summed E-state index contributed by atoms with van der Waals surface area (Å²) in [4.78, 5) is 17.0. The predicted octanol–water partition coefficient (Wildman–Crippen LogP) is 3.13. The number of benzene rings is 1. The molecular weight excluding hydrogens is 366 g/mol. The molecule has 1 aromatic carbocycles. The molecule has 29 heavy (non-hydrogen) atoms. The standard InChI is InChI=1S/C22H27N5O2/c1-16-14-21(24-29-16)22(28)26-11-7-10-25(12-13-26)15-20-17(2)23-27(18(20)3)19-8-5-4-6-9-19/h4-6,8-9,14H,7,10-13,15H2,1-3H3. The Balaban J connectivity index is 1.44. The molecular formula is C22H27N5O2. The van der Waals surface area contributed by atoms with Crippen molar-refractivity contribution >= 4 is 5.91 Å². The predicted molar refractivity (Wildman–Crippen MR) is 110 cm³/mol. The molecule has 1 amide bonds. The Morgan fingerprint density at radius 2 is 1.86 bits per heavy atom. The first-order chi connectivity index (χ1) is 14.0. The fourth-order valence-corrected chi connectivity index (χ4v) is 3.91. The van der Waals surface area contributed by atoms with Crippen LogP contribution < -0.4 is 0 Å². The van der Waals surface area contributed by atoms with Gasteiger partial charge in [-0.1, -0.05) is 23.4 Å². The van der Waals surface area contributed by atoms with Gasteiger partial charge in [0.1, 0.15) is 5.76 Å². The van der Waals surface area contributed by atoms with Crippen molar-refractivity contribution < 1.29 is 9.32 Å². The zero-order valence-corrected chi connectivity index (χ0v) is 17.3. The third-order valence-electron chi connectivity index (χ3n) is 5.55. The van der Waals surface area contributed by atoms with Crippen molar-refractivity contribution in [2.45, 2.75) is 33.7 Å². The molecule has 0 radical (unpaired) electrons. The summed E-state index contributed by atoms with van der Waals surface area (Å²) >= 11 is 0. The maximum atomic E-state index is 12.7. The molecule has 0 saturated carbocycles. The zero-order valence-electron chi connectivity index (χ0n) is 17.3. The number of nitrogens with zero attached hydrogens (tertiary/aromatic N) is 5. The average Bonchev–Trinajstić information content (AvgIpc) is 3.18. The van der Waals surface area contributed by atoms with Gasteiger partial charge in [-0.05, 0) is 39.3 Å². The SMILES string of the molecule is Cc1cc(C(=O)N2CCCN(Cc3c(C)nn(-c4ccccc4)c3C)CC2)no1. The monoisotopic (exact) mass is 393 g/mol. The van der Waals surface area contributed by atoms with Crippen molar-refractivity contribution in [3.05, 3.63) is 64.8 Å². The summed E-state index contributed by atoms with van der Waals surface area (Å²) in [6, 6.07) is 11.9. The van der Waals surface area contributed by atoms with Crippen LogP contribution in [0.15, 0.2) is 40.9 Å². The second kappa shape index (κ2) is 8.21. The van der Waals surface area contributed by atoms with E-state index in [1.165, 1.54) is 11.3 Å². The molecule has 7 nitrogen and oxygen atoms in total. The van der Waals surface area contributed by atoms with Gasteiger partial charge in [0.25, 0.3) is 5.91 Å². The van der Waals surface area contributed by atoms with Crippen molar-refractivity contribution in [2.75, 3.05) is 26.2 Å². The third kappa shape index (κ3) is 4.10. The van der Waals surface area contributed by atoms with Gasteiger partial charge in [-0.25, -0.2) is 4.68 Å². The first kappa shape index (κ1) is 19.4. The Kier molecular flexibility index (Phi) is 5.49. The van der Waals surface area contributed by atoms with Crippen LogP contribution in [0, 0.1) is 20.8 Å². The van der Waals surface area contributed by atoms with E-state index in [0.717, 1.165) is 44.0 Å². The number of hydrogen-bond donors (Lipinski definition) is 0. The molecule has 1 saturated heterocycles. The van der Waals surface area contributed by atoms with Crippen LogP contribution in [0.4, 0.5) is 0 Å². The number of para-hydroxylation sites is 1. The van der Waals surface area contributed by atoms with Gasteiger partial charge in [0.05, 0.1) is 11.4 Å². The number of amides is 1. The Morgan fingerprint density at radius 1 is 1.07 bits per heavy atom. The lowest BCUT2D eigenvalue weighted by Gasteiger charge is -2.21. The molecule has 4 rings (SSSR count). The molecule has 0 bridgehead atoms. The molecule has 1 aliphatic rings. The normalized spacial score (nSPS) is 15.5.